The molecule has 0 N–H and O–H groups in total. The van der Waals surface area contributed by atoms with E-state index in [-0.39, 0.29) is 28.2 Å². The molecule has 0 bridgehead atoms. The normalized spacial score (nSPS) is 12.6. The number of hydrogen-bond acceptors (Lipinski definition) is 3. The third-order valence-electron chi connectivity index (χ3n) is 10.2. The highest BCUT2D eigenvalue weighted by molar-refractivity contribution is 6.45. The summed E-state index contributed by atoms with van der Waals surface area (Å²) in [6, 6.07) is 48.9. The highest BCUT2D eigenvalue weighted by atomic mass is 15.2. The van der Waals surface area contributed by atoms with Crippen LogP contribution in [0.25, 0.3) is 89.2 Å². The van der Waals surface area contributed by atoms with E-state index in [9.17, 15) is 0 Å². The molecule has 9 aromatic rings. The lowest BCUT2D eigenvalue weighted by molar-refractivity contribution is 0.954. The summed E-state index contributed by atoms with van der Waals surface area (Å²) in [5.74, 6) is 1.55. The summed E-state index contributed by atoms with van der Waals surface area (Å²) < 4.78 is 4.12. The fraction of sp³-hybridized carbons (Fsp3) is 0.0217. The molecule has 9 rings (SSSR count). The van der Waals surface area contributed by atoms with Gasteiger partial charge < -0.3 is 4.57 Å². The second kappa shape index (κ2) is 14.3. The number of rotatable bonds is 8. The highest BCUT2D eigenvalue weighted by Gasteiger charge is 2.25. The van der Waals surface area contributed by atoms with Crippen LogP contribution in [0.4, 0.5) is 0 Å². The molecule has 0 atom stereocenters. The number of allylic oxidation sites excluding steroid dienone is 5. The number of fused-ring (bicyclic) bond motifs is 7. The summed E-state index contributed by atoms with van der Waals surface area (Å²) >= 11 is 0. The minimum Gasteiger partial charge on any atom is -0.310 e. The molecular weight excluding hydrogens is 677 g/mol. The van der Waals surface area contributed by atoms with E-state index in [2.05, 4.69) is 65.7 Å². The van der Waals surface area contributed by atoms with Crippen LogP contribution in [-0.2, 0) is 0 Å². The highest BCUT2D eigenvalue weighted by Crippen LogP contribution is 2.43. The Morgan fingerprint density at radius 2 is 1.11 bits per heavy atom. The molecule has 6 aromatic carbocycles. The topological polar surface area (TPSA) is 48.5 Å². The Morgan fingerprint density at radius 1 is 0.518 bits per heavy atom. The molecule has 0 aliphatic rings. The monoisotopic (exact) mass is 705 g/mol. The van der Waals surface area contributed by atoms with Crippen molar-refractivity contribution in [3.63, 3.8) is 0 Å². The lowest BCUT2D eigenvalue weighted by Gasteiger charge is -2.21. The number of aromatic nitrogens is 5. The SMILES string of the molecule is [B]C/C([B])=C([B])\C(=C(\[B])C([B])=C)n1c2ccccc2c2ccc3c(c4ccccc4n3-c3nc(-c4ccccc4)nc(-c4ccccc4-c4ccccc4)n3)c21. The van der Waals surface area contributed by atoms with E-state index in [0.717, 1.165) is 65.9 Å². The molecule has 0 aliphatic heterocycles. The van der Waals surface area contributed by atoms with Gasteiger partial charge in [0.15, 0.2) is 11.6 Å². The van der Waals surface area contributed by atoms with Gasteiger partial charge in [-0.3, -0.25) is 4.57 Å². The zero-order valence-electron chi connectivity index (χ0n) is 30.4. The van der Waals surface area contributed by atoms with Gasteiger partial charge in [0.1, 0.15) is 31.4 Å². The zero-order chi connectivity index (χ0) is 38.5. The van der Waals surface area contributed by atoms with Gasteiger partial charge in [0, 0.05) is 38.4 Å². The molecule has 0 saturated carbocycles. The Hall–Kier alpha value is -6.53. The maximum atomic E-state index is 6.82. The summed E-state index contributed by atoms with van der Waals surface area (Å²) in [5, 5.41) is 3.85. The summed E-state index contributed by atoms with van der Waals surface area (Å²) in [6.07, 6.45) is 0.0182. The first-order valence-corrected chi connectivity index (χ1v) is 18.2. The smallest absolute Gasteiger partial charge is 0.238 e. The van der Waals surface area contributed by atoms with Crippen LogP contribution in [-0.4, -0.2) is 63.3 Å². The number of para-hydroxylation sites is 2. The van der Waals surface area contributed by atoms with E-state index in [1.54, 1.807) is 0 Å². The lowest BCUT2D eigenvalue weighted by atomic mass is 9.68. The Balaban J connectivity index is 1.43. The third kappa shape index (κ3) is 5.76. The van der Waals surface area contributed by atoms with Crippen LogP contribution in [0.1, 0.15) is 0 Å². The van der Waals surface area contributed by atoms with Gasteiger partial charge >= 0.3 is 0 Å². The van der Waals surface area contributed by atoms with Crippen LogP contribution >= 0.6 is 0 Å². The van der Waals surface area contributed by atoms with E-state index < -0.39 is 0 Å². The first-order valence-electron chi connectivity index (χ1n) is 18.2. The van der Waals surface area contributed by atoms with Crippen LogP contribution in [0.5, 0.6) is 0 Å². The van der Waals surface area contributed by atoms with Gasteiger partial charge in [-0.15, -0.1) is 17.5 Å². The molecule has 0 fully saturated rings. The van der Waals surface area contributed by atoms with E-state index in [1.165, 1.54) is 0 Å². The van der Waals surface area contributed by atoms with Crippen molar-refractivity contribution in [1.82, 2.24) is 24.1 Å². The summed E-state index contributed by atoms with van der Waals surface area (Å²) in [5.41, 5.74) is 8.50. The molecule has 5 nitrogen and oxygen atoms in total. The van der Waals surface area contributed by atoms with Gasteiger partial charge in [-0.2, -0.15) is 9.97 Å². The fourth-order valence-electron chi connectivity index (χ4n) is 7.61. The minimum absolute atomic E-state index is 0.0182. The molecule has 3 aromatic heterocycles. The summed E-state index contributed by atoms with van der Waals surface area (Å²) in [6.45, 7) is 3.97. The Labute approximate surface area is 331 Å². The van der Waals surface area contributed by atoms with Crippen molar-refractivity contribution in [2.24, 2.45) is 0 Å². The minimum atomic E-state index is 0.0182. The van der Waals surface area contributed by atoms with Crippen molar-refractivity contribution < 1.29 is 0 Å². The number of hydrogen-bond donors (Lipinski definition) is 0. The molecule has 3 heterocycles. The second-order valence-corrected chi connectivity index (χ2v) is 13.6. The van der Waals surface area contributed by atoms with Crippen LogP contribution in [0.15, 0.2) is 174 Å². The number of benzene rings is 6. The number of nitrogens with zero attached hydrogens (tertiary/aromatic N) is 5. The first-order chi connectivity index (χ1) is 27.4. The lowest BCUT2D eigenvalue weighted by Crippen LogP contribution is -2.09. The molecular formula is C46H28B5N5. The van der Waals surface area contributed by atoms with Crippen molar-refractivity contribution in [3.05, 3.63) is 174 Å². The fourth-order valence-corrected chi connectivity index (χ4v) is 7.61. The van der Waals surface area contributed by atoms with E-state index in [0.29, 0.717) is 23.3 Å². The standard InChI is InChI=1S/C46H28B5N5/c1-27(48)40(50)43(41(51)35(49)26-47)56-36-22-12-10-19-31(36)32-24-25-38-39(42(32)56)34-21-11-13-23-37(34)55(38)46-53-44(29-16-6-3-7-17-29)52-45(54-46)33-20-9-8-18-30(33)28-14-4-2-5-15-28/h2-25H,1,26H2/b41-35-,43-40-. The van der Waals surface area contributed by atoms with Crippen molar-refractivity contribution in [2.45, 2.75) is 6.32 Å². The molecule has 56 heavy (non-hydrogen) atoms. The van der Waals surface area contributed by atoms with E-state index in [4.69, 9.17) is 54.2 Å². The van der Waals surface area contributed by atoms with Crippen LogP contribution in [0.3, 0.4) is 0 Å². The maximum Gasteiger partial charge on any atom is 0.238 e. The molecule has 10 radical (unpaired) electrons. The van der Waals surface area contributed by atoms with Crippen molar-refractivity contribution in [3.8, 4) is 39.9 Å². The Bertz CT molecular complexity index is 3070. The Kier molecular flexibility index (Phi) is 8.97. The van der Waals surface area contributed by atoms with Crippen molar-refractivity contribution in [1.29, 1.82) is 0 Å². The second-order valence-electron chi connectivity index (χ2n) is 13.6. The first kappa shape index (κ1) is 35.2. The average molecular weight is 705 g/mol. The van der Waals surface area contributed by atoms with E-state index in [1.807, 2.05) is 95.6 Å². The molecule has 0 spiro atoms. The van der Waals surface area contributed by atoms with Crippen molar-refractivity contribution in [2.75, 3.05) is 0 Å². The van der Waals surface area contributed by atoms with Crippen molar-refractivity contribution >= 4 is 88.5 Å². The molecule has 10 heteroatoms. The zero-order valence-corrected chi connectivity index (χ0v) is 30.4. The van der Waals surface area contributed by atoms with Crippen LogP contribution in [0, 0.1) is 0 Å². The van der Waals surface area contributed by atoms with E-state index >= 15 is 0 Å². The predicted octanol–water partition coefficient (Wildman–Crippen LogP) is 9.23. The predicted molar refractivity (Wildman–Crippen MR) is 236 cm³/mol. The molecule has 0 amide bonds. The summed E-state index contributed by atoms with van der Waals surface area (Å²) in [7, 11) is 32.4. The van der Waals surface area contributed by atoms with Gasteiger partial charge in [0.2, 0.25) is 5.95 Å². The molecule has 0 aliphatic carbocycles. The van der Waals surface area contributed by atoms with Gasteiger partial charge in [-0.05, 0) is 29.3 Å². The van der Waals surface area contributed by atoms with Gasteiger partial charge in [0.05, 0.1) is 29.9 Å². The quantitative estimate of drug-likeness (QED) is 0.117. The summed E-state index contributed by atoms with van der Waals surface area (Å²) in [4.78, 5) is 15.6. The van der Waals surface area contributed by atoms with Crippen LogP contribution in [0.2, 0.25) is 6.32 Å². The molecule has 0 unspecified atom stereocenters. The maximum absolute atomic E-state index is 6.82. The van der Waals surface area contributed by atoms with Gasteiger partial charge in [-0.25, -0.2) is 4.98 Å². The molecule has 0 saturated heterocycles. The van der Waals surface area contributed by atoms with Gasteiger partial charge in [0.25, 0.3) is 0 Å². The van der Waals surface area contributed by atoms with Gasteiger partial charge in [-0.1, -0.05) is 145 Å². The largest absolute Gasteiger partial charge is 0.310 e. The third-order valence-corrected chi connectivity index (χ3v) is 10.2. The van der Waals surface area contributed by atoms with Crippen LogP contribution < -0.4 is 0 Å². The average Bonchev–Trinajstić information content (AvgIpc) is 3.76. The molecule has 252 valence electrons. The Morgan fingerprint density at radius 3 is 1.80 bits per heavy atom.